The van der Waals surface area contributed by atoms with E-state index in [0.29, 0.717) is 0 Å². The Morgan fingerprint density at radius 2 is 1.72 bits per heavy atom. The number of hydrogen-bond donors (Lipinski definition) is 0. The van der Waals surface area contributed by atoms with Gasteiger partial charge in [0.05, 0.1) is 0 Å². The average molecular weight is 245 g/mol. The van der Waals surface area contributed by atoms with Gasteiger partial charge in [-0.1, -0.05) is 47.6 Å². The van der Waals surface area contributed by atoms with Crippen LogP contribution >= 0.6 is 0 Å². The van der Waals surface area contributed by atoms with Crippen LogP contribution in [0.25, 0.3) is 11.1 Å². The van der Waals surface area contributed by atoms with Crippen molar-refractivity contribution < 1.29 is 4.42 Å². The lowest BCUT2D eigenvalue weighted by atomic mass is 9.82. The average Bonchev–Trinajstić information content (AvgIpc) is 2.59. The molecule has 0 saturated carbocycles. The Labute approximate surface area is 109 Å². The first-order valence-electron chi connectivity index (χ1n) is 6.53. The topological polar surface area (TPSA) is 26.0 Å². The maximum Gasteiger partial charge on any atom is 0.181 e. The molecule has 0 aliphatic heterocycles. The third kappa shape index (κ3) is 2.74. The summed E-state index contributed by atoms with van der Waals surface area (Å²) in [6.07, 6.45) is 2.60. The second-order valence-electron chi connectivity index (χ2n) is 7.33. The summed E-state index contributed by atoms with van der Waals surface area (Å²) >= 11 is 0. The lowest BCUT2D eigenvalue weighted by Gasteiger charge is -2.22. The van der Waals surface area contributed by atoms with Crippen molar-refractivity contribution in [3.8, 4) is 0 Å². The maximum absolute atomic E-state index is 5.55. The number of benzene rings is 1. The lowest BCUT2D eigenvalue weighted by molar-refractivity contribution is 0.411. The molecule has 0 atom stereocenters. The van der Waals surface area contributed by atoms with E-state index in [1.165, 1.54) is 11.1 Å². The van der Waals surface area contributed by atoms with Gasteiger partial charge in [0.2, 0.25) is 0 Å². The molecule has 0 amide bonds. The van der Waals surface area contributed by atoms with Gasteiger partial charge in [0, 0.05) is 5.56 Å². The SMILES string of the molecule is CC(C)(C)Cc1cc(C(C)(C)C)c2ocnc2c1. The summed E-state index contributed by atoms with van der Waals surface area (Å²) in [6, 6.07) is 4.43. The van der Waals surface area contributed by atoms with Crippen LogP contribution in [0.4, 0.5) is 0 Å². The Hall–Kier alpha value is -1.31. The Morgan fingerprint density at radius 1 is 1.06 bits per heavy atom. The van der Waals surface area contributed by atoms with Gasteiger partial charge >= 0.3 is 0 Å². The van der Waals surface area contributed by atoms with Crippen molar-refractivity contribution in [3.63, 3.8) is 0 Å². The number of aromatic nitrogens is 1. The molecule has 0 radical (unpaired) electrons. The minimum atomic E-state index is 0.0751. The minimum Gasteiger partial charge on any atom is -0.443 e. The molecule has 1 aromatic carbocycles. The van der Waals surface area contributed by atoms with Gasteiger partial charge in [-0.05, 0) is 28.9 Å². The Morgan fingerprint density at radius 3 is 2.28 bits per heavy atom. The molecule has 98 valence electrons. The first-order valence-corrected chi connectivity index (χ1v) is 6.53. The van der Waals surface area contributed by atoms with Crippen LogP contribution in [-0.4, -0.2) is 4.98 Å². The largest absolute Gasteiger partial charge is 0.443 e. The van der Waals surface area contributed by atoms with E-state index in [2.05, 4.69) is 58.7 Å². The van der Waals surface area contributed by atoms with Crippen LogP contribution in [0.15, 0.2) is 22.9 Å². The third-order valence-electron chi connectivity index (χ3n) is 3.03. The zero-order valence-electron chi connectivity index (χ0n) is 12.3. The molecule has 18 heavy (non-hydrogen) atoms. The molecule has 1 aromatic heterocycles. The fraction of sp³-hybridized carbons (Fsp3) is 0.562. The Balaban J connectivity index is 2.58. The highest BCUT2D eigenvalue weighted by Crippen LogP contribution is 2.32. The lowest BCUT2D eigenvalue weighted by Crippen LogP contribution is -2.14. The number of hydrogen-bond acceptors (Lipinski definition) is 2. The zero-order chi connectivity index (χ0) is 13.6. The van der Waals surface area contributed by atoms with Crippen molar-refractivity contribution in [2.24, 2.45) is 5.41 Å². The fourth-order valence-corrected chi connectivity index (χ4v) is 2.30. The highest BCUT2D eigenvalue weighted by Gasteiger charge is 2.22. The Bertz CT molecular complexity index is 552. The van der Waals surface area contributed by atoms with Gasteiger partial charge in [0.15, 0.2) is 12.0 Å². The van der Waals surface area contributed by atoms with Gasteiger partial charge in [0.25, 0.3) is 0 Å². The summed E-state index contributed by atoms with van der Waals surface area (Å²) in [5.74, 6) is 0. The van der Waals surface area contributed by atoms with E-state index in [0.717, 1.165) is 17.5 Å². The maximum atomic E-state index is 5.55. The van der Waals surface area contributed by atoms with E-state index in [4.69, 9.17) is 4.42 Å². The molecule has 1 heterocycles. The first kappa shape index (κ1) is 13.1. The highest BCUT2D eigenvalue weighted by atomic mass is 16.3. The van der Waals surface area contributed by atoms with Crippen LogP contribution < -0.4 is 0 Å². The molecule has 0 spiro atoms. The predicted octanol–water partition coefficient (Wildman–Crippen LogP) is 4.71. The standard InChI is InChI=1S/C16H23NO/c1-15(2,3)9-11-7-12(16(4,5)6)14-13(8-11)17-10-18-14/h7-8,10H,9H2,1-6H3. The van der Waals surface area contributed by atoms with Crippen molar-refractivity contribution in [3.05, 3.63) is 29.7 Å². The molecular weight excluding hydrogens is 222 g/mol. The van der Waals surface area contributed by atoms with E-state index in [1.807, 2.05) is 0 Å². The van der Waals surface area contributed by atoms with E-state index in [-0.39, 0.29) is 10.8 Å². The molecule has 0 aliphatic carbocycles. The summed E-state index contributed by atoms with van der Waals surface area (Å²) in [5.41, 5.74) is 4.85. The number of oxazole rings is 1. The number of nitrogens with zero attached hydrogens (tertiary/aromatic N) is 1. The van der Waals surface area contributed by atoms with Crippen LogP contribution in [0.2, 0.25) is 0 Å². The van der Waals surface area contributed by atoms with E-state index in [9.17, 15) is 0 Å². The van der Waals surface area contributed by atoms with E-state index in [1.54, 1.807) is 6.39 Å². The highest BCUT2D eigenvalue weighted by molar-refractivity contribution is 5.78. The van der Waals surface area contributed by atoms with Crippen molar-refractivity contribution in [1.82, 2.24) is 4.98 Å². The second-order valence-corrected chi connectivity index (χ2v) is 7.33. The van der Waals surface area contributed by atoms with Crippen molar-refractivity contribution in [1.29, 1.82) is 0 Å². The van der Waals surface area contributed by atoms with E-state index >= 15 is 0 Å². The molecule has 0 N–H and O–H groups in total. The summed E-state index contributed by atoms with van der Waals surface area (Å²) in [6.45, 7) is 13.4. The summed E-state index contributed by atoms with van der Waals surface area (Å²) in [4.78, 5) is 4.32. The van der Waals surface area contributed by atoms with Gasteiger partial charge < -0.3 is 4.42 Å². The quantitative estimate of drug-likeness (QED) is 0.727. The fourth-order valence-electron chi connectivity index (χ4n) is 2.30. The summed E-state index contributed by atoms with van der Waals surface area (Å²) in [5, 5.41) is 0. The molecule has 2 heteroatoms. The number of fused-ring (bicyclic) bond motifs is 1. The molecule has 0 unspecified atom stereocenters. The summed E-state index contributed by atoms with van der Waals surface area (Å²) in [7, 11) is 0. The van der Waals surface area contributed by atoms with Crippen LogP contribution in [0, 0.1) is 5.41 Å². The molecule has 2 nitrogen and oxygen atoms in total. The molecular formula is C16H23NO. The zero-order valence-corrected chi connectivity index (χ0v) is 12.3. The van der Waals surface area contributed by atoms with Gasteiger partial charge in [-0.25, -0.2) is 4.98 Å². The van der Waals surface area contributed by atoms with Gasteiger partial charge in [-0.15, -0.1) is 0 Å². The first-order chi connectivity index (χ1) is 8.17. The summed E-state index contributed by atoms with van der Waals surface area (Å²) < 4.78 is 5.55. The molecule has 2 aromatic rings. The molecule has 0 fully saturated rings. The molecule has 0 bridgehead atoms. The molecule has 0 saturated heterocycles. The normalized spacial score (nSPS) is 13.2. The van der Waals surface area contributed by atoms with Crippen LogP contribution in [0.1, 0.15) is 52.7 Å². The Kier molecular flexibility index (Phi) is 3.00. The van der Waals surface area contributed by atoms with Crippen LogP contribution in [-0.2, 0) is 11.8 Å². The third-order valence-corrected chi connectivity index (χ3v) is 3.03. The van der Waals surface area contributed by atoms with Crippen molar-refractivity contribution in [2.45, 2.75) is 53.4 Å². The minimum absolute atomic E-state index is 0.0751. The van der Waals surface area contributed by atoms with E-state index < -0.39 is 0 Å². The predicted molar refractivity (Wildman–Crippen MR) is 75.9 cm³/mol. The van der Waals surface area contributed by atoms with Gasteiger partial charge in [-0.2, -0.15) is 0 Å². The van der Waals surface area contributed by atoms with Gasteiger partial charge in [-0.3, -0.25) is 0 Å². The van der Waals surface area contributed by atoms with Crippen molar-refractivity contribution in [2.75, 3.05) is 0 Å². The molecule has 2 rings (SSSR count). The monoisotopic (exact) mass is 245 g/mol. The van der Waals surface area contributed by atoms with Crippen molar-refractivity contribution >= 4 is 11.1 Å². The molecule has 0 aliphatic rings. The van der Waals surface area contributed by atoms with Crippen LogP contribution in [0.3, 0.4) is 0 Å². The van der Waals surface area contributed by atoms with Crippen LogP contribution in [0.5, 0.6) is 0 Å². The second kappa shape index (κ2) is 4.11. The number of rotatable bonds is 1. The smallest absolute Gasteiger partial charge is 0.181 e. The van der Waals surface area contributed by atoms with Gasteiger partial charge in [0.1, 0.15) is 5.52 Å².